The summed E-state index contributed by atoms with van der Waals surface area (Å²) in [6.45, 7) is 15.7. The van der Waals surface area contributed by atoms with Gasteiger partial charge in [-0.05, 0) is 47.5 Å². The molecule has 1 aliphatic rings. The highest BCUT2D eigenvalue weighted by atomic mass is 16.6. The van der Waals surface area contributed by atoms with Gasteiger partial charge in [-0.15, -0.1) is 5.10 Å². The van der Waals surface area contributed by atoms with Gasteiger partial charge in [-0.3, -0.25) is 4.79 Å². The summed E-state index contributed by atoms with van der Waals surface area (Å²) in [6, 6.07) is -1.45. The Morgan fingerprint density at radius 1 is 1.03 bits per heavy atom. The van der Waals surface area contributed by atoms with Crippen LogP contribution in [0, 0.1) is 5.92 Å². The average molecular weight is 511 g/mol. The Bertz CT molecular complexity index is 898. The zero-order chi connectivity index (χ0) is 27.3. The molecule has 1 aromatic rings. The topological polar surface area (TPSA) is 139 Å². The van der Waals surface area contributed by atoms with Crippen molar-refractivity contribution in [2.75, 3.05) is 32.8 Å². The number of aromatic nitrogens is 3. The summed E-state index contributed by atoms with van der Waals surface area (Å²) in [5, 5.41) is 20.7. The fraction of sp³-hybridized carbons (Fsp3) is 0.792. The van der Waals surface area contributed by atoms with E-state index in [2.05, 4.69) is 15.6 Å². The molecule has 0 bridgehead atoms. The lowest BCUT2D eigenvalue weighted by atomic mass is 9.97. The van der Waals surface area contributed by atoms with Gasteiger partial charge in [0.25, 0.3) is 0 Å². The molecule has 1 aliphatic heterocycles. The van der Waals surface area contributed by atoms with Crippen molar-refractivity contribution in [2.24, 2.45) is 5.92 Å². The number of aliphatic hydroxyl groups is 1. The van der Waals surface area contributed by atoms with Crippen molar-refractivity contribution in [3.63, 3.8) is 0 Å². The van der Waals surface area contributed by atoms with Crippen LogP contribution in [-0.4, -0.2) is 92.0 Å². The molecule has 0 aliphatic carbocycles. The summed E-state index contributed by atoms with van der Waals surface area (Å²) >= 11 is 0. The van der Waals surface area contributed by atoms with Gasteiger partial charge in [-0.1, -0.05) is 25.5 Å². The molecule has 1 saturated heterocycles. The summed E-state index contributed by atoms with van der Waals surface area (Å²) < 4.78 is 12.2. The Morgan fingerprint density at radius 2 is 1.58 bits per heavy atom. The molecule has 1 fully saturated rings. The number of nitrogens with one attached hydrogen (secondary N) is 1. The fourth-order valence-electron chi connectivity index (χ4n) is 3.71. The molecule has 0 radical (unpaired) electrons. The monoisotopic (exact) mass is 510 g/mol. The zero-order valence-corrected chi connectivity index (χ0v) is 22.8. The number of alkyl carbamates (subject to hydrolysis) is 1. The first kappa shape index (κ1) is 29.3. The minimum Gasteiger partial charge on any atom is -0.444 e. The Morgan fingerprint density at radius 3 is 2.08 bits per heavy atom. The van der Waals surface area contributed by atoms with Crippen molar-refractivity contribution in [1.82, 2.24) is 30.1 Å². The number of nitrogens with zero attached hydrogens (tertiary/aromatic N) is 5. The molecule has 0 aromatic carbocycles. The first-order valence-corrected chi connectivity index (χ1v) is 12.4. The van der Waals surface area contributed by atoms with Gasteiger partial charge in [-0.2, -0.15) is 0 Å². The van der Waals surface area contributed by atoms with E-state index in [-0.39, 0.29) is 17.9 Å². The van der Waals surface area contributed by atoms with Crippen LogP contribution in [0.5, 0.6) is 0 Å². The van der Waals surface area contributed by atoms with E-state index in [1.807, 2.05) is 34.6 Å². The van der Waals surface area contributed by atoms with Gasteiger partial charge >= 0.3 is 12.2 Å². The van der Waals surface area contributed by atoms with Gasteiger partial charge < -0.3 is 29.7 Å². The van der Waals surface area contributed by atoms with E-state index in [0.717, 1.165) is 6.42 Å². The lowest BCUT2D eigenvalue weighted by Crippen LogP contribution is -2.53. The van der Waals surface area contributed by atoms with Gasteiger partial charge in [-0.25, -0.2) is 14.3 Å². The second kappa shape index (κ2) is 11.9. The van der Waals surface area contributed by atoms with E-state index in [9.17, 15) is 19.5 Å². The summed E-state index contributed by atoms with van der Waals surface area (Å²) in [5.41, 5.74) is -0.955. The number of carbonyl (C=O) groups excluding carboxylic acids is 3. The highest BCUT2D eigenvalue weighted by molar-refractivity contribution is 5.81. The van der Waals surface area contributed by atoms with Crippen LogP contribution in [0.15, 0.2) is 6.20 Å². The summed E-state index contributed by atoms with van der Waals surface area (Å²) in [5.74, 6) is -0.174. The Kier molecular flexibility index (Phi) is 9.70. The predicted molar refractivity (Wildman–Crippen MR) is 132 cm³/mol. The third-order valence-electron chi connectivity index (χ3n) is 5.72. The molecule has 3 atom stereocenters. The Balaban J connectivity index is 2.12. The number of hydrogen-bond acceptors (Lipinski definition) is 8. The first-order chi connectivity index (χ1) is 16.6. The normalized spacial score (nSPS) is 17.2. The third kappa shape index (κ3) is 8.35. The summed E-state index contributed by atoms with van der Waals surface area (Å²) in [7, 11) is 0. The van der Waals surface area contributed by atoms with E-state index in [4.69, 9.17) is 9.47 Å². The van der Waals surface area contributed by atoms with Crippen LogP contribution in [0.3, 0.4) is 0 Å². The number of rotatable bonds is 7. The molecular weight excluding hydrogens is 468 g/mol. The largest absolute Gasteiger partial charge is 0.444 e. The van der Waals surface area contributed by atoms with Crippen molar-refractivity contribution in [2.45, 2.75) is 85.1 Å². The Labute approximate surface area is 213 Å². The molecule has 2 heterocycles. The quantitative estimate of drug-likeness (QED) is 0.570. The minimum atomic E-state index is -0.835. The predicted octanol–water partition coefficient (Wildman–Crippen LogP) is 2.50. The van der Waals surface area contributed by atoms with Crippen LogP contribution in [0.4, 0.5) is 9.59 Å². The first-order valence-electron chi connectivity index (χ1n) is 12.4. The molecule has 3 amide bonds. The molecule has 2 unspecified atom stereocenters. The molecule has 0 spiro atoms. The minimum absolute atomic E-state index is 0.0534. The van der Waals surface area contributed by atoms with Gasteiger partial charge in [0.05, 0.1) is 12.8 Å². The van der Waals surface area contributed by atoms with Crippen LogP contribution >= 0.6 is 0 Å². The maximum Gasteiger partial charge on any atom is 0.410 e. The SMILES string of the molecule is CCC(C)[C@@H](C(=O)N1CCN(C(=O)OC(C)(C)C)CC1)n1cc(C(CO)NC(=O)OC(C)(C)C)nn1. The van der Waals surface area contributed by atoms with E-state index in [1.54, 1.807) is 36.8 Å². The number of hydrogen-bond donors (Lipinski definition) is 2. The highest BCUT2D eigenvalue weighted by Gasteiger charge is 2.35. The number of ether oxygens (including phenoxy) is 2. The van der Waals surface area contributed by atoms with E-state index < -0.39 is 36.0 Å². The van der Waals surface area contributed by atoms with Gasteiger partial charge in [0.1, 0.15) is 29.0 Å². The van der Waals surface area contributed by atoms with Crippen molar-refractivity contribution in [3.8, 4) is 0 Å². The lowest BCUT2D eigenvalue weighted by Gasteiger charge is -2.37. The Hall–Kier alpha value is -2.89. The van der Waals surface area contributed by atoms with Gasteiger partial charge in [0.15, 0.2) is 0 Å². The average Bonchev–Trinajstić information content (AvgIpc) is 3.24. The molecule has 36 heavy (non-hydrogen) atoms. The standard InChI is InChI=1S/C24H42N6O6/c1-9-16(2)19(20(32)28-10-12-29(13-11-28)22(34)36-24(6,7)8)30-14-17(26-27-30)18(15-31)25-21(33)35-23(3,4)5/h14,16,18-19,31H,9-13,15H2,1-8H3,(H,25,33)/t16?,18?,19-/m0/s1. The molecule has 1 aromatic heterocycles. The second-order valence-corrected chi connectivity index (χ2v) is 11.1. The van der Waals surface area contributed by atoms with Gasteiger partial charge in [0.2, 0.25) is 5.91 Å². The van der Waals surface area contributed by atoms with Crippen molar-refractivity contribution in [3.05, 3.63) is 11.9 Å². The summed E-state index contributed by atoms with van der Waals surface area (Å²) in [4.78, 5) is 41.4. The molecule has 12 nitrogen and oxygen atoms in total. The van der Waals surface area contributed by atoms with Gasteiger partial charge in [0, 0.05) is 26.2 Å². The van der Waals surface area contributed by atoms with Crippen molar-refractivity contribution < 1.29 is 29.0 Å². The van der Waals surface area contributed by atoms with E-state index in [0.29, 0.717) is 31.9 Å². The molecule has 0 saturated carbocycles. The smallest absolute Gasteiger partial charge is 0.410 e. The van der Waals surface area contributed by atoms with E-state index in [1.165, 1.54) is 4.68 Å². The number of aliphatic hydroxyl groups excluding tert-OH is 1. The second-order valence-electron chi connectivity index (χ2n) is 11.1. The molecule has 2 N–H and O–H groups in total. The molecule has 12 heteroatoms. The van der Waals surface area contributed by atoms with Crippen LogP contribution in [0.25, 0.3) is 0 Å². The zero-order valence-electron chi connectivity index (χ0n) is 22.8. The van der Waals surface area contributed by atoms with Crippen LogP contribution in [-0.2, 0) is 14.3 Å². The van der Waals surface area contributed by atoms with E-state index >= 15 is 0 Å². The van der Waals surface area contributed by atoms with Crippen LogP contribution in [0.2, 0.25) is 0 Å². The van der Waals surface area contributed by atoms with Crippen molar-refractivity contribution in [1.29, 1.82) is 0 Å². The fourth-order valence-corrected chi connectivity index (χ4v) is 3.71. The van der Waals surface area contributed by atoms with Crippen LogP contribution in [0.1, 0.15) is 79.6 Å². The lowest BCUT2D eigenvalue weighted by molar-refractivity contribution is -0.138. The third-order valence-corrected chi connectivity index (χ3v) is 5.72. The van der Waals surface area contributed by atoms with Crippen molar-refractivity contribution >= 4 is 18.1 Å². The number of amides is 3. The highest BCUT2D eigenvalue weighted by Crippen LogP contribution is 2.25. The summed E-state index contributed by atoms with van der Waals surface area (Å²) in [6.07, 6.45) is 1.22. The maximum absolute atomic E-state index is 13.6. The number of piperazine rings is 1. The molecule has 2 rings (SSSR count). The number of carbonyl (C=O) groups is 3. The molecular formula is C24H42N6O6. The molecule has 204 valence electrons. The van der Waals surface area contributed by atoms with Crippen LogP contribution < -0.4 is 5.32 Å². The maximum atomic E-state index is 13.6.